The number of aliphatic imine (C=N–C) groups is 1. The molecular weight excluding hydrogens is 341 g/mol. The first kappa shape index (κ1) is 19.1. The molecule has 0 radical (unpaired) electrons. The summed E-state index contributed by atoms with van der Waals surface area (Å²) in [6, 6.07) is 6.30. The normalized spacial score (nSPS) is 12.8. The molecule has 8 heteroatoms. The molecule has 6 nitrogen and oxygen atoms in total. The van der Waals surface area contributed by atoms with Crippen LogP contribution in [0.15, 0.2) is 34.6 Å². The molecule has 0 bridgehead atoms. The minimum atomic E-state index is -0.260. The zero-order valence-electron chi connectivity index (χ0n) is 14.9. The van der Waals surface area contributed by atoms with Gasteiger partial charge in [0.2, 0.25) is 0 Å². The SMILES string of the molecule is CN=C(NCc1csc(N(C)C)n1)NCC(OC)c1ccc(F)cc1. The van der Waals surface area contributed by atoms with Crippen LogP contribution in [-0.2, 0) is 11.3 Å². The van der Waals surface area contributed by atoms with Crippen LogP contribution in [0.1, 0.15) is 17.4 Å². The summed E-state index contributed by atoms with van der Waals surface area (Å²) in [6.07, 6.45) is -0.196. The fraction of sp³-hybridized carbons (Fsp3) is 0.412. The van der Waals surface area contributed by atoms with Crippen LogP contribution in [0.5, 0.6) is 0 Å². The molecule has 0 saturated heterocycles. The molecule has 2 aromatic rings. The smallest absolute Gasteiger partial charge is 0.191 e. The lowest BCUT2D eigenvalue weighted by molar-refractivity contribution is 0.106. The number of nitrogens with zero attached hydrogens (tertiary/aromatic N) is 3. The molecule has 0 aliphatic heterocycles. The molecular formula is C17H24FN5OS. The van der Waals surface area contributed by atoms with Gasteiger partial charge in [-0.25, -0.2) is 9.37 Å². The Balaban J connectivity index is 1.87. The summed E-state index contributed by atoms with van der Waals surface area (Å²) in [7, 11) is 7.28. The Morgan fingerprint density at radius 1 is 1.32 bits per heavy atom. The molecule has 0 aliphatic carbocycles. The number of hydrogen-bond acceptors (Lipinski definition) is 5. The summed E-state index contributed by atoms with van der Waals surface area (Å²) in [5.74, 6) is 0.396. The van der Waals surface area contributed by atoms with E-state index in [1.807, 2.05) is 24.4 Å². The number of anilines is 1. The number of aromatic nitrogens is 1. The van der Waals surface area contributed by atoms with Gasteiger partial charge in [-0.05, 0) is 17.7 Å². The van der Waals surface area contributed by atoms with Gasteiger partial charge >= 0.3 is 0 Å². The third-order valence-corrected chi connectivity index (χ3v) is 4.62. The van der Waals surface area contributed by atoms with Gasteiger partial charge < -0.3 is 20.3 Å². The van der Waals surface area contributed by atoms with E-state index in [-0.39, 0.29) is 11.9 Å². The average molecular weight is 365 g/mol. The van der Waals surface area contributed by atoms with E-state index < -0.39 is 0 Å². The van der Waals surface area contributed by atoms with Gasteiger partial charge in [0.1, 0.15) is 5.82 Å². The van der Waals surface area contributed by atoms with Crippen LogP contribution in [-0.4, -0.2) is 45.7 Å². The lowest BCUT2D eigenvalue weighted by Crippen LogP contribution is -2.39. The Hall–Kier alpha value is -2.19. The summed E-state index contributed by atoms with van der Waals surface area (Å²) in [5.41, 5.74) is 1.86. The number of methoxy groups -OCH3 is 1. The summed E-state index contributed by atoms with van der Waals surface area (Å²) >= 11 is 1.60. The van der Waals surface area contributed by atoms with Gasteiger partial charge in [-0.3, -0.25) is 4.99 Å². The van der Waals surface area contributed by atoms with Crippen molar-refractivity contribution in [2.24, 2.45) is 4.99 Å². The second-order valence-electron chi connectivity index (χ2n) is 5.60. The summed E-state index contributed by atoms with van der Waals surface area (Å²) in [4.78, 5) is 10.7. The zero-order chi connectivity index (χ0) is 18.2. The van der Waals surface area contributed by atoms with Crippen LogP contribution in [0.4, 0.5) is 9.52 Å². The van der Waals surface area contributed by atoms with Gasteiger partial charge in [-0.1, -0.05) is 12.1 Å². The predicted molar refractivity (Wildman–Crippen MR) is 101 cm³/mol. The Morgan fingerprint density at radius 3 is 2.60 bits per heavy atom. The number of thiazole rings is 1. The van der Waals surface area contributed by atoms with Crippen molar-refractivity contribution in [3.8, 4) is 0 Å². The van der Waals surface area contributed by atoms with E-state index >= 15 is 0 Å². The maximum Gasteiger partial charge on any atom is 0.191 e. The number of hydrogen-bond donors (Lipinski definition) is 2. The highest BCUT2D eigenvalue weighted by Crippen LogP contribution is 2.18. The van der Waals surface area contributed by atoms with Crippen LogP contribution in [0.3, 0.4) is 0 Å². The second kappa shape index (κ2) is 9.33. The first-order valence-electron chi connectivity index (χ1n) is 7.88. The first-order valence-corrected chi connectivity index (χ1v) is 8.76. The lowest BCUT2D eigenvalue weighted by atomic mass is 10.1. The topological polar surface area (TPSA) is 61.8 Å². The van der Waals surface area contributed by atoms with Crippen molar-refractivity contribution in [1.82, 2.24) is 15.6 Å². The number of guanidine groups is 1. The standard InChI is InChI=1S/C17H24FN5OS/c1-19-16(20-9-14-11-25-17(22-14)23(2)3)21-10-15(24-4)12-5-7-13(18)8-6-12/h5-8,11,15H,9-10H2,1-4H3,(H2,19,20,21). The second-order valence-corrected chi connectivity index (χ2v) is 6.43. The predicted octanol–water partition coefficient (Wildman–Crippen LogP) is 2.40. The molecule has 1 aromatic heterocycles. The molecule has 0 amide bonds. The van der Waals surface area contributed by atoms with Gasteiger partial charge in [0.05, 0.1) is 18.3 Å². The van der Waals surface area contributed by atoms with E-state index in [1.165, 1.54) is 12.1 Å². The van der Waals surface area contributed by atoms with E-state index in [0.717, 1.165) is 16.4 Å². The maximum atomic E-state index is 13.0. The summed E-state index contributed by atoms with van der Waals surface area (Å²) in [5, 5.41) is 9.43. The van der Waals surface area contributed by atoms with E-state index in [1.54, 1.807) is 37.6 Å². The molecule has 0 aliphatic rings. The van der Waals surface area contributed by atoms with Crippen molar-refractivity contribution in [2.45, 2.75) is 12.6 Å². The first-order chi connectivity index (χ1) is 12.0. The molecule has 0 spiro atoms. The monoisotopic (exact) mass is 365 g/mol. The molecule has 2 rings (SSSR count). The number of rotatable bonds is 7. The van der Waals surface area contributed by atoms with E-state index in [2.05, 4.69) is 20.6 Å². The van der Waals surface area contributed by atoms with Crippen LogP contribution < -0.4 is 15.5 Å². The van der Waals surface area contributed by atoms with Gasteiger partial charge in [0.25, 0.3) is 0 Å². The van der Waals surface area contributed by atoms with Gasteiger partial charge in [-0.15, -0.1) is 11.3 Å². The average Bonchev–Trinajstić information content (AvgIpc) is 3.08. The summed E-state index contributed by atoms with van der Waals surface area (Å²) < 4.78 is 18.5. The van der Waals surface area contributed by atoms with Crippen molar-refractivity contribution >= 4 is 22.4 Å². The molecule has 136 valence electrons. The Labute approximate surface area is 151 Å². The fourth-order valence-corrected chi connectivity index (χ4v) is 2.94. The van der Waals surface area contributed by atoms with Crippen molar-refractivity contribution in [3.05, 3.63) is 46.7 Å². The number of benzene rings is 1. The van der Waals surface area contributed by atoms with Crippen molar-refractivity contribution in [3.63, 3.8) is 0 Å². The molecule has 25 heavy (non-hydrogen) atoms. The Bertz CT molecular complexity index is 687. The van der Waals surface area contributed by atoms with E-state index in [4.69, 9.17) is 4.74 Å². The lowest BCUT2D eigenvalue weighted by Gasteiger charge is -2.18. The minimum Gasteiger partial charge on any atom is -0.375 e. The summed E-state index contributed by atoms with van der Waals surface area (Å²) in [6.45, 7) is 1.10. The van der Waals surface area contributed by atoms with Gasteiger partial charge in [-0.2, -0.15) is 0 Å². The van der Waals surface area contributed by atoms with Crippen molar-refractivity contribution < 1.29 is 9.13 Å². The quantitative estimate of drug-likeness (QED) is 0.583. The highest BCUT2D eigenvalue weighted by Gasteiger charge is 2.12. The number of ether oxygens (including phenoxy) is 1. The molecule has 1 heterocycles. The third kappa shape index (κ3) is 5.68. The Kier molecular flexibility index (Phi) is 7.15. The Morgan fingerprint density at radius 2 is 2.04 bits per heavy atom. The zero-order valence-corrected chi connectivity index (χ0v) is 15.7. The molecule has 0 fully saturated rings. The molecule has 0 saturated carbocycles. The van der Waals surface area contributed by atoms with E-state index in [9.17, 15) is 4.39 Å². The molecule has 1 aromatic carbocycles. The van der Waals surface area contributed by atoms with Crippen LogP contribution in [0, 0.1) is 5.82 Å². The van der Waals surface area contributed by atoms with E-state index in [0.29, 0.717) is 19.0 Å². The number of halogens is 1. The largest absolute Gasteiger partial charge is 0.375 e. The maximum absolute atomic E-state index is 13.0. The van der Waals surface area contributed by atoms with Crippen molar-refractivity contribution in [2.75, 3.05) is 39.7 Å². The van der Waals surface area contributed by atoms with Crippen LogP contribution in [0.25, 0.3) is 0 Å². The molecule has 1 unspecified atom stereocenters. The molecule has 2 N–H and O–H groups in total. The van der Waals surface area contributed by atoms with Crippen LogP contribution in [0.2, 0.25) is 0 Å². The van der Waals surface area contributed by atoms with Gasteiger partial charge in [0.15, 0.2) is 11.1 Å². The minimum absolute atomic E-state index is 0.196. The fourth-order valence-electron chi connectivity index (χ4n) is 2.18. The number of nitrogens with one attached hydrogen (secondary N) is 2. The highest BCUT2D eigenvalue weighted by atomic mass is 32.1. The molecule has 1 atom stereocenters. The van der Waals surface area contributed by atoms with Crippen molar-refractivity contribution in [1.29, 1.82) is 0 Å². The third-order valence-electron chi connectivity index (χ3n) is 3.56. The van der Waals surface area contributed by atoms with Gasteiger partial charge in [0, 0.05) is 40.2 Å². The highest BCUT2D eigenvalue weighted by molar-refractivity contribution is 7.13. The van der Waals surface area contributed by atoms with Crippen LogP contribution >= 0.6 is 11.3 Å².